The molecule has 0 spiro atoms. The van der Waals surface area contributed by atoms with E-state index in [0.717, 1.165) is 16.4 Å². The van der Waals surface area contributed by atoms with Crippen LogP contribution in [-0.2, 0) is 24.4 Å². The molecule has 0 unspecified atom stereocenters. The number of carboxylic acid groups (broad SMARTS) is 1. The first-order valence-corrected chi connectivity index (χ1v) is 10.7. The number of hydrogen-bond acceptors (Lipinski definition) is 7. The summed E-state index contributed by atoms with van der Waals surface area (Å²) < 4.78 is 32.2. The number of carboxylic acids is 1. The Bertz CT molecular complexity index is 1170. The van der Waals surface area contributed by atoms with Crippen molar-refractivity contribution in [1.82, 2.24) is 4.31 Å². The monoisotopic (exact) mass is 448 g/mol. The number of hydrogen-bond donors (Lipinski definition) is 3. The Morgan fingerprint density at radius 2 is 1.77 bits per heavy atom. The van der Waals surface area contributed by atoms with Crippen molar-refractivity contribution in [3.63, 3.8) is 0 Å². The van der Waals surface area contributed by atoms with Gasteiger partial charge in [0, 0.05) is 24.7 Å². The van der Waals surface area contributed by atoms with Crippen LogP contribution >= 0.6 is 0 Å². The topological polar surface area (TPSA) is 150 Å². The number of phenols is 1. The van der Waals surface area contributed by atoms with Gasteiger partial charge < -0.3 is 20.3 Å². The van der Waals surface area contributed by atoms with Crippen LogP contribution in [0.2, 0.25) is 0 Å². The van der Waals surface area contributed by atoms with E-state index in [0.29, 0.717) is 23.3 Å². The summed E-state index contributed by atoms with van der Waals surface area (Å²) in [6.07, 6.45) is 0.539. The number of sulfonamides is 1. The normalized spacial score (nSPS) is 13.9. The molecule has 0 atom stereocenters. The number of aliphatic carboxylic acids is 1. The molecule has 1 aliphatic heterocycles. The van der Waals surface area contributed by atoms with Gasteiger partial charge in [0.2, 0.25) is 5.91 Å². The van der Waals surface area contributed by atoms with E-state index in [4.69, 9.17) is 9.84 Å². The maximum atomic E-state index is 12.8. The lowest BCUT2D eigenvalue weighted by Gasteiger charge is -2.18. The molecule has 0 aliphatic carbocycles. The van der Waals surface area contributed by atoms with Gasteiger partial charge in [-0.2, -0.15) is 0 Å². The molecule has 1 aliphatic rings. The highest BCUT2D eigenvalue weighted by Crippen LogP contribution is 2.36. The Morgan fingerprint density at radius 1 is 1.13 bits per heavy atom. The predicted octanol–water partition coefficient (Wildman–Crippen LogP) is 2.14. The first-order chi connectivity index (χ1) is 14.5. The number of aryl methyl sites for hydroxylation is 2. The van der Waals surface area contributed by atoms with E-state index >= 15 is 0 Å². The highest BCUT2D eigenvalue weighted by Gasteiger charge is 2.35. The van der Waals surface area contributed by atoms with Crippen LogP contribution < -0.4 is 10.1 Å². The fourth-order valence-corrected chi connectivity index (χ4v) is 4.81. The molecule has 1 fully saturated rings. The molecule has 3 N–H and O–H groups in total. The molecule has 0 saturated carbocycles. The van der Waals surface area contributed by atoms with Crippen molar-refractivity contribution in [2.24, 2.45) is 0 Å². The van der Waals surface area contributed by atoms with Crippen molar-refractivity contribution in [2.45, 2.75) is 31.6 Å². The van der Waals surface area contributed by atoms with Crippen molar-refractivity contribution < 1.29 is 37.8 Å². The number of carbonyl (C=O) groups is 3. The van der Waals surface area contributed by atoms with Gasteiger partial charge in [0.1, 0.15) is 22.1 Å². The summed E-state index contributed by atoms with van der Waals surface area (Å²) in [5, 5.41) is 21.0. The Kier molecular flexibility index (Phi) is 5.89. The van der Waals surface area contributed by atoms with Crippen LogP contribution in [0.3, 0.4) is 0 Å². The van der Waals surface area contributed by atoms with Crippen LogP contribution in [-0.4, -0.2) is 47.3 Å². The molecule has 164 valence electrons. The summed E-state index contributed by atoms with van der Waals surface area (Å²) in [6.45, 7) is 3.38. The zero-order valence-corrected chi connectivity index (χ0v) is 17.5. The smallest absolute Gasteiger partial charge is 0.394 e. The molecule has 0 radical (unpaired) electrons. The first kappa shape index (κ1) is 22.1. The largest absolute Gasteiger partial charge is 0.507 e. The van der Waals surface area contributed by atoms with Crippen molar-refractivity contribution in [2.75, 3.05) is 11.9 Å². The first-order valence-electron chi connectivity index (χ1n) is 9.22. The van der Waals surface area contributed by atoms with Crippen LogP contribution in [0.5, 0.6) is 17.2 Å². The van der Waals surface area contributed by atoms with E-state index in [9.17, 15) is 27.9 Å². The van der Waals surface area contributed by atoms with Crippen LogP contribution in [0.15, 0.2) is 35.2 Å². The lowest BCUT2D eigenvalue weighted by Crippen LogP contribution is -2.32. The lowest BCUT2D eigenvalue weighted by molar-refractivity contribution is -0.147. The summed E-state index contributed by atoms with van der Waals surface area (Å²) in [5.41, 5.74) is 1.36. The van der Waals surface area contributed by atoms with Gasteiger partial charge in [0.05, 0.1) is 0 Å². The van der Waals surface area contributed by atoms with Crippen LogP contribution in [0, 0.1) is 13.8 Å². The maximum absolute atomic E-state index is 12.8. The van der Waals surface area contributed by atoms with Crippen molar-refractivity contribution in [3.8, 4) is 17.2 Å². The van der Waals surface area contributed by atoms with Gasteiger partial charge in [-0.3, -0.25) is 9.59 Å². The number of rotatable bonds is 5. The van der Waals surface area contributed by atoms with Gasteiger partial charge in [-0.1, -0.05) is 0 Å². The van der Waals surface area contributed by atoms with Crippen LogP contribution in [0.25, 0.3) is 0 Å². The number of aromatic hydroxyl groups is 1. The minimum Gasteiger partial charge on any atom is -0.507 e. The van der Waals surface area contributed by atoms with E-state index in [2.05, 4.69) is 5.32 Å². The van der Waals surface area contributed by atoms with E-state index in [-0.39, 0.29) is 24.4 Å². The van der Waals surface area contributed by atoms with Crippen LogP contribution in [0.1, 0.15) is 24.0 Å². The van der Waals surface area contributed by atoms with Gasteiger partial charge in [0.15, 0.2) is 0 Å². The van der Waals surface area contributed by atoms with Gasteiger partial charge in [-0.25, -0.2) is 17.5 Å². The van der Waals surface area contributed by atoms with Gasteiger partial charge in [-0.15, -0.1) is 0 Å². The molecular weight excluding hydrogens is 428 g/mol. The van der Waals surface area contributed by atoms with E-state index in [1.54, 1.807) is 13.8 Å². The molecule has 31 heavy (non-hydrogen) atoms. The predicted molar refractivity (Wildman–Crippen MR) is 108 cm³/mol. The second-order valence-corrected chi connectivity index (χ2v) is 8.84. The molecule has 10 nitrogen and oxygen atoms in total. The van der Waals surface area contributed by atoms with Gasteiger partial charge in [0.25, 0.3) is 10.0 Å². The number of benzene rings is 2. The average Bonchev–Trinajstić information content (AvgIpc) is 3.12. The van der Waals surface area contributed by atoms with Crippen molar-refractivity contribution in [1.29, 1.82) is 0 Å². The second kappa shape index (κ2) is 8.26. The SMILES string of the molecule is Cc1cc(NC(=O)C(=O)O)cc(C)c1Oc1ccc(O)c(S(=O)(=O)N2CCCC2=O)c1. The molecule has 0 aromatic heterocycles. The van der Waals surface area contributed by atoms with Crippen molar-refractivity contribution >= 4 is 33.5 Å². The summed E-state index contributed by atoms with van der Waals surface area (Å²) in [6, 6.07) is 6.68. The summed E-state index contributed by atoms with van der Waals surface area (Å²) in [5.74, 6) is -3.37. The standard InChI is InChI=1S/C20H20N2O8S/c1-11-8-13(21-19(25)20(26)27)9-12(2)18(11)30-14-5-6-15(23)16(10-14)31(28,29)22-7-3-4-17(22)24/h5-6,8-10,23H,3-4,7H2,1-2H3,(H,21,25)(H,26,27). The number of nitrogens with zero attached hydrogens (tertiary/aromatic N) is 1. The van der Waals surface area contributed by atoms with Crippen LogP contribution in [0.4, 0.5) is 5.69 Å². The van der Waals surface area contributed by atoms with Crippen molar-refractivity contribution in [3.05, 3.63) is 41.5 Å². The molecule has 2 aromatic rings. The summed E-state index contributed by atoms with van der Waals surface area (Å²) in [4.78, 5) is 33.5. The molecule has 3 rings (SSSR count). The fraction of sp³-hybridized carbons (Fsp3) is 0.250. The number of carbonyl (C=O) groups excluding carboxylic acids is 2. The Labute approximate surface area is 178 Å². The average molecular weight is 448 g/mol. The van der Waals surface area contributed by atoms with E-state index in [1.165, 1.54) is 18.2 Å². The number of ether oxygens (including phenoxy) is 1. The van der Waals surface area contributed by atoms with E-state index < -0.39 is 38.5 Å². The quantitative estimate of drug-likeness (QED) is 0.589. The Morgan fingerprint density at radius 3 is 2.32 bits per heavy atom. The molecule has 11 heteroatoms. The maximum Gasteiger partial charge on any atom is 0.394 e. The third kappa shape index (κ3) is 4.45. The highest BCUT2D eigenvalue weighted by molar-refractivity contribution is 7.89. The van der Waals surface area contributed by atoms with Gasteiger partial charge >= 0.3 is 11.9 Å². The highest BCUT2D eigenvalue weighted by atomic mass is 32.2. The number of anilines is 1. The number of nitrogens with one attached hydrogen (secondary N) is 1. The van der Waals surface area contributed by atoms with E-state index in [1.807, 2.05) is 0 Å². The second-order valence-electron chi connectivity index (χ2n) is 7.00. The molecule has 0 bridgehead atoms. The molecule has 2 aromatic carbocycles. The zero-order valence-electron chi connectivity index (χ0n) is 16.7. The molecule has 2 amide bonds. The number of amides is 2. The number of phenolic OH excluding ortho intramolecular Hbond substituents is 1. The zero-order chi connectivity index (χ0) is 22.9. The fourth-order valence-electron chi connectivity index (χ4n) is 3.25. The lowest BCUT2D eigenvalue weighted by atomic mass is 10.1. The summed E-state index contributed by atoms with van der Waals surface area (Å²) in [7, 11) is -4.23. The minimum atomic E-state index is -4.23. The molecular formula is C20H20N2O8S. The minimum absolute atomic E-state index is 0.0490. The Hall–Kier alpha value is -3.60. The third-order valence-electron chi connectivity index (χ3n) is 4.66. The Balaban J connectivity index is 1.92. The molecule has 1 heterocycles. The molecule has 1 saturated heterocycles. The summed E-state index contributed by atoms with van der Waals surface area (Å²) >= 11 is 0. The van der Waals surface area contributed by atoms with Gasteiger partial charge in [-0.05, 0) is 55.7 Å². The third-order valence-corrected chi connectivity index (χ3v) is 6.51.